The van der Waals surface area contributed by atoms with Crippen LogP contribution in [0, 0.1) is 0 Å². The zero-order chi connectivity index (χ0) is 26.2. The van der Waals surface area contributed by atoms with Gasteiger partial charge in [0.1, 0.15) is 9.71 Å². The number of hydrogen-bond donors (Lipinski definition) is 3. The van der Waals surface area contributed by atoms with Gasteiger partial charge in [0, 0.05) is 30.7 Å². The van der Waals surface area contributed by atoms with Crippen LogP contribution < -0.4 is 20.9 Å². The molecular weight excluding hydrogens is 502 g/mol. The number of hydrogen-bond acceptors (Lipinski definition) is 7. The number of carbonyl (C=O) groups excluding carboxylic acids is 3. The van der Waals surface area contributed by atoms with Crippen molar-refractivity contribution in [2.45, 2.75) is 31.3 Å². The van der Waals surface area contributed by atoms with E-state index in [4.69, 9.17) is 0 Å². The van der Waals surface area contributed by atoms with Crippen LogP contribution in [0.4, 0.5) is 21.9 Å². The molecule has 1 unspecified atom stereocenters. The number of rotatable bonds is 6. The number of amides is 4. The molecule has 4 aromatic heterocycles. The molecule has 38 heavy (non-hydrogen) atoms. The van der Waals surface area contributed by atoms with Crippen LogP contribution in [0.3, 0.4) is 0 Å². The maximum Gasteiger partial charge on any atom is 0.331 e. The number of carbonyl (C=O) groups is 3. The zero-order valence-electron chi connectivity index (χ0n) is 20.2. The van der Waals surface area contributed by atoms with Gasteiger partial charge in [-0.1, -0.05) is 12.6 Å². The molecule has 5 heterocycles. The quantitative estimate of drug-likeness (QED) is 0.320. The van der Waals surface area contributed by atoms with E-state index in [-0.39, 0.29) is 23.9 Å². The average molecular weight is 526 g/mol. The van der Waals surface area contributed by atoms with Crippen molar-refractivity contribution in [1.29, 1.82) is 0 Å². The lowest BCUT2D eigenvalue weighted by Gasteiger charge is -2.28. The minimum atomic E-state index is -0.396. The Morgan fingerprint density at radius 1 is 1.03 bits per heavy atom. The molecule has 1 aliphatic heterocycles. The normalized spacial score (nSPS) is 18.2. The Labute approximate surface area is 221 Å². The molecule has 6 rings (SSSR count). The van der Waals surface area contributed by atoms with Gasteiger partial charge in [0.25, 0.3) is 5.91 Å². The van der Waals surface area contributed by atoms with Crippen molar-refractivity contribution in [3.8, 4) is 11.4 Å². The van der Waals surface area contributed by atoms with Crippen LogP contribution in [0.2, 0.25) is 0 Å². The predicted molar refractivity (Wildman–Crippen MR) is 145 cm³/mol. The Balaban J connectivity index is 1.34. The second-order valence-electron chi connectivity index (χ2n) is 9.03. The largest absolute Gasteiger partial charge is 0.348 e. The molecule has 0 saturated heterocycles. The maximum atomic E-state index is 13.4. The molecule has 0 bridgehead atoms. The molecule has 11 heteroatoms. The lowest BCUT2D eigenvalue weighted by molar-refractivity contribution is -0.117. The van der Waals surface area contributed by atoms with Crippen molar-refractivity contribution in [1.82, 2.24) is 25.6 Å². The molecule has 0 spiro atoms. The minimum Gasteiger partial charge on any atom is -0.348 e. The van der Waals surface area contributed by atoms with Gasteiger partial charge in [-0.25, -0.2) is 9.78 Å². The summed E-state index contributed by atoms with van der Waals surface area (Å²) in [5.41, 5.74) is 3.00. The minimum absolute atomic E-state index is 0.172. The first-order valence-electron chi connectivity index (χ1n) is 12.2. The van der Waals surface area contributed by atoms with E-state index in [0.29, 0.717) is 43.5 Å². The topological polar surface area (TPSA) is 129 Å². The van der Waals surface area contributed by atoms with Crippen LogP contribution in [-0.4, -0.2) is 44.9 Å². The monoisotopic (exact) mass is 525 g/mol. The molecule has 4 amide bonds. The second kappa shape index (κ2) is 9.67. The fourth-order valence-corrected chi connectivity index (χ4v) is 6.02. The standard InChI is InChI=1S/C27H23N7O3S/c1-2-21(35)31-17-7-5-8-18(17)32-25(36)24-23-22-20(10-13-30-26(22)38-24)34(27(37)33-23)15-9-12-29-19(14-15)16-6-3-4-11-28-16/h2-4,6,9-14,17-18H,1,5,7-8H2,(H,31,35)(H,32,36)(H,33,37)/t17-,18?/m1/s1. The molecular formula is C27H23N7O3S. The lowest BCUT2D eigenvalue weighted by Crippen LogP contribution is -2.48. The molecule has 2 aliphatic rings. The van der Waals surface area contributed by atoms with Crippen LogP contribution in [0.25, 0.3) is 21.6 Å². The highest BCUT2D eigenvalue weighted by Crippen LogP contribution is 2.46. The molecule has 1 saturated carbocycles. The van der Waals surface area contributed by atoms with Gasteiger partial charge < -0.3 is 16.0 Å². The third kappa shape index (κ3) is 4.16. The van der Waals surface area contributed by atoms with Crippen LogP contribution in [0.1, 0.15) is 28.9 Å². The summed E-state index contributed by atoms with van der Waals surface area (Å²) in [6.45, 7) is 3.50. The molecule has 10 nitrogen and oxygen atoms in total. The van der Waals surface area contributed by atoms with Crippen molar-refractivity contribution >= 4 is 56.5 Å². The van der Waals surface area contributed by atoms with Gasteiger partial charge in [-0.15, -0.1) is 11.3 Å². The van der Waals surface area contributed by atoms with Crippen LogP contribution in [0.15, 0.2) is 67.6 Å². The van der Waals surface area contributed by atoms with Gasteiger partial charge >= 0.3 is 6.03 Å². The number of anilines is 3. The lowest BCUT2D eigenvalue weighted by atomic mass is 10.1. The number of nitrogens with zero attached hydrogens (tertiary/aromatic N) is 4. The molecule has 0 radical (unpaired) electrons. The SMILES string of the molecule is C=CC(=O)N[C@@H]1CCCC1NC(=O)c1sc2nccc3c2c1NC(=O)N3c1ccnc(-c2ccccn2)c1. The van der Waals surface area contributed by atoms with Crippen molar-refractivity contribution in [2.75, 3.05) is 10.2 Å². The zero-order valence-corrected chi connectivity index (χ0v) is 21.0. The Kier molecular flexibility index (Phi) is 6.04. The van der Waals surface area contributed by atoms with Crippen LogP contribution >= 0.6 is 11.3 Å². The van der Waals surface area contributed by atoms with E-state index in [1.165, 1.54) is 17.4 Å². The first-order valence-corrected chi connectivity index (χ1v) is 13.0. The first-order chi connectivity index (χ1) is 18.5. The third-order valence-corrected chi connectivity index (χ3v) is 7.82. The Hall–Kier alpha value is -4.64. The van der Waals surface area contributed by atoms with Crippen LogP contribution in [0.5, 0.6) is 0 Å². The summed E-state index contributed by atoms with van der Waals surface area (Å²) in [5, 5.41) is 9.56. The Morgan fingerprint density at radius 2 is 1.82 bits per heavy atom. The van der Waals surface area contributed by atoms with Crippen molar-refractivity contribution in [3.05, 3.63) is 72.5 Å². The van der Waals surface area contributed by atoms with Gasteiger partial charge in [0.2, 0.25) is 5.91 Å². The van der Waals surface area contributed by atoms with Crippen molar-refractivity contribution in [2.24, 2.45) is 0 Å². The number of aromatic nitrogens is 3. The fourth-order valence-electron chi connectivity index (χ4n) is 4.99. The van der Waals surface area contributed by atoms with Crippen molar-refractivity contribution < 1.29 is 14.4 Å². The van der Waals surface area contributed by atoms with E-state index in [2.05, 4.69) is 37.5 Å². The summed E-state index contributed by atoms with van der Waals surface area (Å²) in [4.78, 5) is 54.5. The summed E-state index contributed by atoms with van der Waals surface area (Å²) >= 11 is 1.22. The molecule has 1 aliphatic carbocycles. The summed E-state index contributed by atoms with van der Waals surface area (Å²) in [6, 6.07) is 10.1. The maximum absolute atomic E-state index is 13.4. The number of nitrogens with one attached hydrogen (secondary N) is 3. The predicted octanol–water partition coefficient (Wildman–Crippen LogP) is 4.39. The molecule has 3 N–H and O–H groups in total. The highest BCUT2D eigenvalue weighted by atomic mass is 32.1. The van der Waals surface area contributed by atoms with E-state index in [9.17, 15) is 14.4 Å². The van der Waals surface area contributed by atoms with Gasteiger partial charge in [-0.2, -0.15) is 0 Å². The van der Waals surface area contributed by atoms with E-state index >= 15 is 0 Å². The van der Waals surface area contributed by atoms with Gasteiger partial charge in [-0.3, -0.25) is 24.5 Å². The summed E-state index contributed by atoms with van der Waals surface area (Å²) < 4.78 is 0. The smallest absolute Gasteiger partial charge is 0.331 e. The molecule has 190 valence electrons. The number of urea groups is 1. The van der Waals surface area contributed by atoms with Crippen LogP contribution in [-0.2, 0) is 4.79 Å². The summed E-state index contributed by atoms with van der Waals surface area (Å²) in [6.07, 6.45) is 8.58. The van der Waals surface area contributed by atoms with E-state index in [1.807, 2.05) is 18.2 Å². The molecule has 4 aromatic rings. The first kappa shape index (κ1) is 23.7. The molecule has 1 fully saturated rings. The number of pyridine rings is 3. The number of thiophene rings is 1. The average Bonchev–Trinajstić information content (AvgIpc) is 3.54. The van der Waals surface area contributed by atoms with Crippen molar-refractivity contribution in [3.63, 3.8) is 0 Å². The van der Waals surface area contributed by atoms with E-state index < -0.39 is 6.03 Å². The van der Waals surface area contributed by atoms with Gasteiger partial charge in [0.05, 0.1) is 33.8 Å². The summed E-state index contributed by atoms with van der Waals surface area (Å²) in [7, 11) is 0. The summed E-state index contributed by atoms with van der Waals surface area (Å²) in [5.74, 6) is -0.578. The third-order valence-electron chi connectivity index (χ3n) is 6.73. The van der Waals surface area contributed by atoms with Gasteiger partial charge in [0.15, 0.2) is 0 Å². The molecule has 0 aromatic carbocycles. The van der Waals surface area contributed by atoms with Gasteiger partial charge in [-0.05, 0) is 55.7 Å². The fraction of sp³-hybridized carbons (Fsp3) is 0.185. The second-order valence-corrected chi connectivity index (χ2v) is 10.0. The highest BCUT2D eigenvalue weighted by Gasteiger charge is 2.35. The Morgan fingerprint density at radius 3 is 2.61 bits per heavy atom. The Bertz CT molecular complexity index is 1590. The highest BCUT2D eigenvalue weighted by molar-refractivity contribution is 7.21. The van der Waals surface area contributed by atoms with E-state index in [0.717, 1.165) is 19.3 Å². The van der Waals surface area contributed by atoms with E-state index in [1.54, 1.807) is 41.7 Å². The molecule has 2 atom stereocenters.